The van der Waals surface area contributed by atoms with Crippen molar-refractivity contribution in [2.24, 2.45) is 0 Å². The Kier molecular flexibility index (Phi) is 8.94. The van der Waals surface area contributed by atoms with E-state index in [-0.39, 0.29) is 29.8 Å². The largest absolute Gasteiger partial charge is 0.493 e. The second-order valence-electron chi connectivity index (χ2n) is 9.41. The lowest BCUT2D eigenvalue weighted by Gasteiger charge is -2.36. The molecule has 3 amide bonds. The molecule has 3 aromatic rings. The summed E-state index contributed by atoms with van der Waals surface area (Å²) in [5.74, 6) is -0.225. The molecule has 2 fully saturated rings. The van der Waals surface area contributed by atoms with E-state index in [0.717, 1.165) is 27.9 Å². The fourth-order valence-corrected chi connectivity index (χ4v) is 5.81. The maximum Gasteiger partial charge on any atom is 0.294 e. The number of imide groups is 1. The number of piperazine rings is 1. The number of rotatable bonds is 8. The van der Waals surface area contributed by atoms with Crippen molar-refractivity contribution in [3.05, 3.63) is 93.1 Å². The summed E-state index contributed by atoms with van der Waals surface area (Å²) in [4.78, 5) is 43.9. The number of anilines is 1. The van der Waals surface area contributed by atoms with Crippen LogP contribution in [0, 0.1) is 5.82 Å². The van der Waals surface area contributed by atoms with Gasteiger partial charge in [0.2, 0.25) is 5.91 Å². The van der Waals surface area contributed by atoms with Crippen molar-refractivity contribution in [2.45, 2.75) is 6.61 Å². The van der Waals surface area contributed by atoms with Crippen molar-refractivity contribution in [1.82, 2.24) is 9.80 Å². The topological polar surface area (TPSA) is 79.4 Å². The van der Waals surface area contributed by atoms with Gasteiger partial charge in [0, 0.05) is 36.3 Å². The van der Waals surface area contributed by atoms with Gasteiger partial charge in [-0.25, -0.2) is 4.39 Å². The van der Waals surface area contributed by atoms with Crippen molar-refractivity contribution >= 4 is 56.5 Å². The van der Waals surface area contributed by atoms with Gasteiger partial charge in [-0.2, -0.15) is 0 Å². The molecule has 0 N–H and O–H groups in total. The number of carbonyl (C=O) groups excluding carboxylic acids is 3. The smallest absolute Gasteiger partial charge is 0.294 e. The van der Waals surface area contributed by atoms with Crippen LogP contribution in [-0.2, 0) is 16.2 Å². The molecular weight excluding hydrogens is 613 g/mol. The maximum absolute atomic E-state index is 13.2. The first-order valence-electron chi connectivity index (χ1n) is 12.9. The van der Waals surface area contributed by atoms with Crippen LogP contribution in [0.5, 0.6) is 11.5 Å². The zero-order valence-corrected chi connectivity index (χ0v) is 24.6. The summed E-state index contributed by atoms with van der Waals surface area (Å²) in [5, 5.41) is -0.486. The summed E-state index contributed by atoms with van der Waals surface area (Å²) in [5.41, 5.74) is 2.49. The number of amides is 3. The van der Waals surface area contributed by atoms with Crippen molar-refractivity contribution in [3.63, 3.8) is 0 Å². The molecule has 8 nitrogen and oxygen atoms in total. The molecule has 212 valence electrons. The van der Waals surface area contributed by atoms with Crippen molar-refractivity contribution in [2.75, 3.05) is 44.7 Å². The molecule has 0 spiro atoms. The predicted octanol–water partition coefficient (Wildman–Crippen LogP) is 5.56. The Bertz CT molecular complexity index is 1480. The van der Waals surface area contributed by atoms with Crippen LogP contribution in [0.15, 0.2) is 76.1 Å². The highest BCUT2D eigenvalue weighted by molar-refractivity contribution is 9.10. The van der Waals surface area contributed by atoms with Gasteiger partial charge in [0.15, 0.2) is 11.5 Å². The van der Waals surface area contributed by atoms with Gasteiger partial charge in [0.25, 0.3) is 11.1 Å². The maximum atomic E-state index is 13.2. The first-order valence-corrected chi connectivity index (χ1v) is 14.5. The summed E-state index contributed by atoms with van der Waals surface area (Å²) >= 11 is 4.30. The fourth-order valence-electron chi connectivity index (χ4n) is 4.54. The minimum atomic E-state index is -0.515. The molecule has 0 aliphatic carbocycles. The Balaban J connectivity index is 1.22. The van der Waals surface area contributed by atoms with Gasteiger partial charge >= 0.3 is 0 Å². The normalized spacial score (nSPS) is 16.5. The Morgan fingerprint density at radius 2 is 1.71 bits per heavy atom. The molecule has 2 heterocycles. The van der Waals surface area contributed by atoms with E-state index in [4.69, 9.17) is 9.47 Å². The van der Waals surface area contributed by atoms with Crippen LogP contribution in [0.2, 0.25) is 0 Å². The van der Waals surface area contributed by atoms with Crippen LogP contribution >= 0.6 is 27.7 Å². The molecule has 0 radical (unpaired) electrons. The zero-order chi connectivity index (χ0) is 28.9. The lowest BCUT2D eigenvalue weighted by Crippen LogP contribution is -2.51. The Morgan fingerprint density at radius 1 is 1.00 bits per heavy atom. The van der Waals surface area contributed by atoms with E-state index in [9.17, 15) is 18.8 Å². The molecule has 0 saturated carbocycles. The molecule has 5 rings (SSSR count). The molecule has 0 aromatic heterocycles. The SMILES string of the molecule is COc1cc(/C=C2/SC(=O)N(CC(=O)N3CCN(c4ccccc4)CC3)C2=O)c(Br)cc1OCc1ccc(F)cc1. The zero-order valence-electron chi connectivity index (χ0n) is 22.2. The van der Waals surface area contributed by atoms with Crippen molar-refractivity contribution in [3.8, 4) is 11.5 Å². The first kappa shape index (κ1) is 28.7. The molecule has 41 heavy (non-hydrogen) atoms. The third-order valence-electron chi connectivity index (χ3n) is 6.80. The Labute approximate surface area is 249 Å². The predicted molar refractivity (Wildman–Crippen MR) is 159 cm³/mol. The molecule has 2 saturated heterocycles. The molecule has 11 heteroatoms. The molecule has 0 bridgehead atoms. The average Bonchev–Trinajstić information content (AvgIpc) is 3.25. The fraction of sp³-hybridized carbons (Fsp3) is 0.233. The summed E-state index contributed by atoms with van der Waals surface area (Å²) in [6.07, 6.45) is 1.59. The third-order valence-corrected chi connectivity index (χ3v) is 8.39. The number of benzene rings is 3. The minimum absolute atomic E-state index is 0.205. The number of hydrogen-bond donors (Lipinski definition) is 0. The van der Waals surface area contributed by atoms with Crippen LogP contribution in [0.25, 0.3) is 6.08 Å². The van der Waals surface area contributed by atoms with Gasteiger partial charge in [0.1, 0.15) is 19.0 Å². The van der Waals surface area contributed by atoms with E-state index in [2.05, 4.69) is 20.8 Å². The van der Waals surface area contributed by atoms with Gasteiger partial charge in [-0.05, 0) is 65.4 Å². The number of methoxy groups -OCH3 is 1. The number of thioether (sulfide) groups is 1. The molecule has 2 aliphatic rings. The second kappa shape index (κ2) is 12.8. The Morgan fingerprint density at radius 3 is 2.39 bits per heavy atom. The van der Waals surface area contributed by atoms with E-state index in [1.807, 2.05) is 30.3 Å². The van der Waals surface area contributed by atoms with E-state index in [1.54, 1.807) is 35.2 Å². The quantitative estimate of drug-likeness (QED) is 0.299. The van der Waals surface area contributed by atoms with Crippen LogP contribution < -0.4 is 14.4 Å². The monoisotopic (exact) mass is 639 g/mol. The number of hydrogen-bond acceptors (Lipinski definition) is 7. The van der Waals surface area contributed by atoms with Crippen LogP contribution in [-0.4, -0.2) is 66.7 Å². The van der Waals surface area contributed by atoms with Crippen molar-refractivity contribution in [1.29, 1.82) is 0 Å². The van der Waals surface area contributed by atoms with Crippen LogP contribution in [0.4, 0.5) is 14.9 Å². The van der Waals surface area contributed by atoms with Gasteiger partial charge in [-0.1, -0.05) is 46.3 Å². The summed E-state index contributed by atoms with van der Waals surface area (Å²) in [7, 11) is 1.50. The lowest BCUT2D eigenvalue weighted by molar-refractivity contribution is -0.136. The Hall–Kier alpha value is -3.83. The average molecular weight is 641 g/mol. The highest BCUT2D eigenvalue weighted by Gasteiger charge is 2.37. The number of ether oxygens (including phenoxy) is 2. The summed E-state index contributed by atoms with van der Waals surface area (Å²) in [6, 6.07) is 19.4. The van der Waals surface area contributed by atoms with Gasteiger partial charge in [0.05, 0.1) is 12.0 Å². The van der Waals surface area contributed by atoms with Crippen LogP contribution in [0.1, 0.15) is 11.1 Å². The number of para-hydroxylation sites is 1. The third kappa shape index (κ3) is 6.74. The first-order chi connectivity index (χ1) is 19.8. The second-order valence-corrected chi connectivity index (χ2v) is 11.3. The van der Waals surface area contributed by atoms with Gasteiger partial charge in [-0.15, -0.1) is 0 Å². The highest BCUT2D eigenvalue weighted by Crippen LogP contribution is 2.38. The summed E-state index contributed by atoms with van der Waals surface area (Å²) < 4.78 is 25.1. The van der Waals surface area contributed by atoms with Crippen molar-refractivity contribution < 1.29 is 28.2 Å². The molecule has 3 aromatic carbocycles. The molecular formula is C30H27BrFN3O5S. The number of carbonyl (C=O) groups is 3. The molecule has 0 atom stereocenters. The van der Waals surface area contributed by atoms with E-state index >= 15 is 0 Å². The van der Waals surface area contributed by atoms with Gasteiger partial charge in [-0.3, -0.25) is 19.3 Å². The summed E-state index contributed by atoms with van der Waals surface area (Å²) in [6.45, 7) is 2.29. The number of nitrogens with zero attached hydrogens (tertiary/aromatic N) is 3. The van der Waals surface area contributed by atoms with E-state index in [1.165, 1.54) is 19.2 Å². The standard InChI is InChI=1S/C30H27BrFN3O5S/c1-39-25-15-21(24(31)17-26(25)40-19-20-7-9-22(32)10-8-20)16-27-29(37)35(30(38)41-27)18-28(36)34-13-11-33(12-14-34)23-5-3-2-4-6-23/h2-10,15-17H,11-14,18-19H2,1H3/b27-16+. The number of halogens is 2. The lowest BCUT2D eigenvalue weighted by atomic mass is 10.1. The molecule has 0 unspecified atom stereocenters. The van der Waals surface area contributed by atoms with Crippen LogP contribution in [0.3, 0.4) is 0 Å². The minimum Gasteiger partial charge on any atom is -0.493 e. The van der Waals surface area contributed by atoms with E-state index < -0.39 is 11.1 Å². The van der Waals surface area contributed by atoms with Gasteiger partial charge < -0.3 is 19.3 Å². The molecule has 2 aliphatic heterocycles. The highest BCUT2D eigenvalue weighted by atomic mass is 79.9. The van der Waals surface area contributed by atoms with E-state index in [0.29, 0.717) is 47.7 Å².